The zero-order chi connectivity index (χ0) is 24.8. The van der Waals surface area contributed by atoms with Crippen molar-refractivity contribution in [3.63, 3.8) is 0 Å². The molecule has 9 nitrogen and oxygen atoms in total. The van der Waals surface area contributed by atoms with E-state index in [2.05, 4.69) is 35.0 Å². The number of anilines is 2. The zero-order valence-corrected chi connectivity index (χ0v) is 21.0. The third kappa shape index (κ3) is 4.37. The summed E-state index contributed by atoms with van der Waals surface area (Å²) >= 11 is 0. The molecular formula is C27H32N6O3. The maximum absolute atomic E-state index is 12.3. The first-order valence-electron chi connectivity index (χ1n) is 12.8. The first-order valence-corrected chi connectivity index (χ1v) is 12.8. The Morgan fingerprint density at radius 3 is 2.44 bits per heavy atom. The molecule has 4 atom stereocenters. The van der Waals surface area contributed by atoms with E-state index >= 15 is 0 Å². The van der Waals surface area contributed by atoms with Crippen molar-refractivity contribution in [2.24, 2.45) is 0 Å². The predicted molar refractivity (Wildman–Crippen MR) is 138 cm³/mol. The molecular weight excluding hydrogens is 456 g/mol. The van der Waals surface area contributed by atoms with Crippen LogP contribution < -0.4 is 15.1 Å². The van der Waals surface area contributed by atoms with Crippen molar-refractivity contribution in [3.05, 3.63) is 42.1 Å². The third-order valence-corrected chi connectivity index (χ3v) is 7.27. The Bertz CT molecular complexity index is 1280. The topological polar surface area (TPSA) is 92.7 Å². The second-order valence-corrected chi connectivity index (χ2v) is 10.1. The summed E-state index contributed by atoms with van der Waals surface area (Å²) < 4.78 is 12.0. The van der Waals surface area contributed by atoms with Gasteiger partial charge in [-0.2, -0.15) is 4.98 Å². The number of ether oxygens (including phenoxy) is 2. The van der Waals surface area contributed by atoms with E-state index < -0.39 is 0 Å². The fourth-order valence-corrected chi connectivity index (χ4v) is 5.66. The molecule has 3 aliphatic rings. The first kappa shape index (κ1) is 23.1. The number of hydrogen-bond donors (Lipinski definition) is 1. The summed E-state index contributed by atoms with van der Waals surface area (Å²) in [5.74, 6) is 0.545. The highest BCUT2D eigenvalue weighted by Gasteiger charge is 2.35. The number of carbonyl (C=O) groups excluding carboxylic acids is 1. The number of benzene rings is 1. The zero-order valence-electron chi connectivity index (χ0n) is 21.0. The first-order chi connectivity index (χ1) is 17.5. The summed E-state index contributed by atoms with van der Waals surface area (Å²) in [6, 6.07) is 9.68. The molecule has 1 aromatic carbocycles. The highest BCUT2D eigenvalue weighted by Crippen LogP contribution is 2.36. The summed E-state index contributed by atoms with van der Waals surface area (Å²) in [6.07, 6.45) is 4.83. The van der Waals surface area contributed by atoms with E-state index in [0.717, 1.165) is 61.4 Å². The summed E-state index contributed by atoms with van der Waals surface area (Å²) in [5.41, 5.74) is 3.99. The molecule has 36 heavy (non-hydrogen) atoms. The van der Waals surface area contributed by atoms with E-state index in [4.69, 9.17) is 24.4 Å². The van der Waals surface area contributed by atoms with E-state index in [9.17, 15) is 4.79 Å². The molecule has 188 valence electrons. The molecule has 0 saturated carbocycles. The summed E-state index contributed by atoms with van der Waals surface area (Å²) in [4.78, 5) is 31.5. The van der Waals surface area contributed by atoms with E-state index in [1.807, 2.05) is 30.5 Å². The molecule has 6 rings (SSSR count). The van der Waals surface area contributed by atoms with Crippen molar-refractivity contribution in [2.75, 3.05) is 43.0 Å². The number of pyridine rings is 1. The van der Waals surface area contributed by atoms with Crippen LogP contribution in [0.5, 0.6) is 0 Å². The Morgan fingerprint density at radius 2 is 1.72 bits per heavy atom. The maximum atomic E-state index is 12.3. The Labute approximate surface area is 210 Å². The molecule has 0 spiro atoms. The van der Waals surface area contributed by atoms with Gasteiger partial charge in [-0.25, -0.2) is 9.97 Å². The predicted octanol–water partition coefficient (Wildman–Crippen LogP) is 3.03. The monoisotopic (exact) mass is 488 g/mol. The quantitative estimate of drug-likeness (QED) is 0.599. The lowest BCUT2D eigenvalue weighted by Crippen LogP contribution is -2.46. The minimum absolute atomic E-state index is 0.110. The van der Waals surface area contributed by atoms with Crippen molar-refractivity contribution < 1.29 is 14.3 Å². The van der Waals surface area contributed by atoms with Gasteiger partial charge in [-0.1, -0.05) is 12.1 Å². The second-order valence-electron chi connectivity index (χ2n) is 10.1. The van der Waals surface area contributed by atoms with Gasteiger partial charge in [0, 0.05) is 50.6 Å². The van der Waals surface area contributed by atoms with Crippen LogP contribution in [0.15, 0.2) is 36.5 Å². The van der Waals surface area contributed by atoms with Crippen molar-refractivity contribution in [1.29, 1.82) is 0 Å². The van der Waals surface area contributed by atoms with E-state index in [0.29, 0.717) is 17.2 Å². The van der Waals surface area contributed by atoms with Crippen LogP contribution in [0.25, 0.3) is 22.3 Å². The Morgan fingerprint density at radius 1 is 0.972 bits per heavy atom. The van der Waals surface area contributed by atoms with Gasteiger partial charge in [0.25, 0.3) is 5.91 Å². The summed E-state index contributed by atoms with van der Waals surface area (Å²) in [6.45, 7) is 7.31. The number of hydrogen-bond acceptors (Lipinski definition) is 8. The molecule has 0 radical (unpaired) electrons. The smallest absolute Gasteiger partial charge is 0.251 e. The fraction of sp³-hybridized carbons (Fsp3) is 0.481. The Hall–Kier alpha value is -3.30. The molecule has 2 unspecified atom stereocenters. The molecule has 3 fully saturated rings. The van der Waals surface area contributed by atoms with E-state index in [1.165, 1.54) is 0 Å². The van der Waals surface area contributed by atoms with Gasteiger partial charge in [0.2, 0.25) is 5.95 Å². The number of nitrogens with one attached hydrogen (secondary N) is 1. The van der Waals surface area contributed by atoms with Crippen LogP contribution in [0.4, 0.5) is 11.6 Å². The number of nitrogens with zero attached hydrogens (tertiary/aromatic N) is 5. The van der Waals surface area contributed by atoms with Crippen molar-refractivity contribution in [1.82, 2.24) is 20.3 Å². The average molecular weight is 489 g/mol. The fourth-order valence-electron chi connectivity index (χ4n) is 5.66. The average Bonchev–Trinajstić information content (AvgIpc) is 3.23. The largest absolute Gasteiger partial charge is 0.372 e. The maximum Gasteiger partial charge on any atom is 0.251 e. The molecule has 3 aromatic rings. The van der Waals surface area contributed by atoms with Gasteiger partial charge in [0.15, 0.2) is 5.65 Å². The minimum atomic E-state index is -0.122. The van der Waals surface area contributed by atoms with Crippen molar-refractivity contribution >= 4 is 28.6 Å². The SMILES string of the molecule is CNC(=O)c1cccc(-c2cc(N3CC4CCC(C3)O4)c3cnc(N4C[C@@H](C)O[C@@H](C)C4)nc3n2)c1. The van der Waals surface area contributed by atoms with Gasteiger partial charge >= 0.3 is 0 Å². The number of rotatable bonds is 4. The number of amides is 1. The van der Waals surface area contributed by atoms with E-state index in [1.54, 1.807) is 7.05 Å². The molecule has 3 aliphatic heterocycles. The van der Waals surface area contributed by atoms with E-state index in [-0.39, 0.29) is 30.3 Å². The standard InChI is InChI=1S/C27H32N6O3/c1-16-12-33(13-17(2)35-16)27-29-11-22-24(32-14-20-7-8-21(15-32)36-20)10-23(30-25(22)31-27)18-5-4-6-19(9-18)26(34)28-3/h4-6,9-11,16-17,20-21H,7-8,12-15H2,1-3H3,(H,28,34)/t16-,17+,20?,21?. The Kier molecular flexibility index (Phi) is 5.97. The molecule has 1 amide bonds. The molecule has 3 saturated heterocycles. The summed E-state index contributed by atoms with van der Waals surface area (Å²) in [7, 11) is 1.64. The van der Waals surface area contributed by atoms with Gasteiger partial charge in [0.1, 0.15) is 0 Å². The molecule has 2 aromatic heterocycles. The highest BCUT2D eigenvalue weighted by molar-refractivity contribution is 5.96. The van der Waals surface area contributed by atoms with Gasteiger partial charge in [0.05, 0.1) is 41.2 Å². The highest BCUT2D eigenvalue weighted by atomic mass is 16.5. The second kappa shape index (κ2) is 9.29. The van der Waals surface area contributed by atoms with Crippen LogP contribution in [0.1, 0.15) is 37.0 Å². The molecule has 2 bridgehead atoms. The molecule has 9 heteroatoms. The van der Waals surface area contributed by atoms with Gasteiger partial charge < -0.3 is 24.6 Å². The molecule has 0 aliphatic carbocycles. The Balaban J connectivity index is 1.46. The van der Waals surface area contributed by atoms with Crippen LogP contribution in [0, 0.1) is 0 Å². The van der Waals surface area contributed by atoms with Gasteiger partial charge in [-0.15, -0.1) is 0 Å². The van der Waals surface area contributed by atoms with Gasteiger partial charge in [-0.3, -0.25) is 4.79 Å². The van der Waals surface area contributed by atoms with Crippen LogP contribution in [-0.2, 0) is 9.47 Å². The van der Waals surface area contributed by atoms with Gasteiger partial charge in [-0.05, 0) is 44.9 Å². The number of fused-ring (bicyclic) bond motifs is 3. The van der Waals surface area contributed by atoms with Crippen LogP contribution >= 0.6 is 0 Å². The minimum Gasteiger partial charge on any atom is -0.372 e. The lowest BCUT2D eigenvalue weighted by atomic mass is 10.1. The molecule has 5 heterocycles. The lowest BCUT2D eigenvalue weighted by molar-refractivity contribution is -0.00570. The number of morpholine rings is 2. The van der Waals surface area contributed by atoms with Crippen LogP contribution in [0.2, 0.25) is 0 Å². The number of aromatic nitrogens is 3. The third-order valence-electron chi connectivity index (χ3n) is 7.27. The van der Waals surface area contributed by atoms with Crippen molar-refractivity contribution in [2.45, 2.75) is 51.1 Å². The molecule has 1 N–H and O–H groups in total. The normalized spacial score (nSPS) is 25.9. The van der Waals surface area contributed by atoms with Crippen molar-refractivity contribution in [3.8, 4) is 11.3 Å². The van der Waals surface area contributed by atoms with Crippen LogP contribution in [-0.4, -0.2) is 78.5 Å². The number of carbonyl (C=O) groups is 1. The lowest BCUT2D eigenvalue weighted by Gasteiger charge is -2.36. The van der Waals surface area contributed by atoms with Crippen LogP contribution in [0.3, 0.4) is 0 Å². The summed E-state index contributed by atoms with van der Waals surface area (Å²) in [5, 5.41) is 3.63.